The van der Waals surface area contributed by atoms with E-state index in [9.17, 15) is 4.79 Å². The van der Waals surface area contributed by atoms with Gasteiger partial charge in [0.25, 0.3) is 0 Å². The van der Waals surface area contributed by atoms with Crippen LogP contribution in [0.15, 0.2) is 0 Å². The van der Waals surface area contributed by atoms with E-state index in [-0.39, 0.29) is 5.92 Å². The summed E-state index contributed by atoms with van der Waals surface area (Å²) in [5, 5.41) is 0. The van der Waals surface area contributed by atoms with Gasteiger partial charge in [0.1, 0.15) is 5.78 Å². The van der Waals surface area contributed by atoms with E-state index in [0.29, 0.717) is 17.1 Å². The first-order valence-electron chi connectivity index (χ1n) is 4.93. The molecule has 0 atom stereocenters. The number of ketones is 1. The second-order valence-corrected chi connectivity index (χ2v) is 5.26. The van der Waals surface area contributed by atoms with Crippen molar-refractivity contribution in [2.24, 2.45) is 17.3 Å². The fraction of sp³-hybridized carbons (Fsp3) is 0.909. The van der Waals surface area contributed by atoms with Gasteiger partial charge in [-0.25, -0.2) is 0 Å². The van der Waals surface area contributed by atoms with Crippen LogP contribution in [-0.4, -0.2) is 5.78 Å². The van der Waals surface area contributed by atoms with Crippen LogP contribution in [0.25, 0.3) is 0 Å². The molecule has 0 N–H and O–H groups in total. The molecule has 1 nitrogen and oxygen atoms in total. The molecule has 0 aromatic rings. The summed E-state index contributed by atoms with van der Waals surface area (Å²) in [5.74, 6) is 1.36. The molecule has 1 heteroatoms. The molecule has 1 aliphatic carbocycles. The van der Waals surface area contributed by atoms with E-state index in [1.165, 1.54) is 12.8 Å². The highest BCUT2D eigenvalue weighted by Gasteiger charge is 2.36. The van der Waals surface area contributed by atoms with Gasteiger partial charge in [-0.3, -0.25) is 4.79 Å². The van der Waals surface area contributed by atoms with Gasteiger partial charge in [-0.15, -0.1) is 0 Å². The molecule has 12 heavy (non-hydrogen) atoms. The topological polar surface area (TPSA) is 17.1 Å². The van der Waals surface area contributed by atoms with Crippen LogP contribution in [0.5, 0.6) is 0 Å². The Bertz CT molecular complexity index is 171. The lowest BCUT2D eigenvalue weighted by Gasteiger charge is -2.42. The predicted octanol–water partition coefficient (Wildman–Crippen LogP) is 3.04. The van der Waals surface area contributed by atoms with E-state index in [2.05, 4.69) is 13.8 Å². The lowest BCUT2D eigenvalue weighted by molar-refractivity contribution is -0.124. The minimum absolute atomic E-state index is 0.230. The summed E-state index contributed by atoms with van der Waals surface area (Å²) < 4.78 is 0. The zero-order valence-electron chi connectivity index (χ0n) is 8.68. The van der Waals surface area contributed by atoms with Gasteiger partial charge in [-0.05, 0) is 24.2 Å². The molecule has 1 saturated carbocycles. The SMILES string of the molecule is CC(C)C(=O)CC1CC(C)(C)C1. The molecule has 1 aliphatic rings. The molecule has 1 rings (SSSR count). The van der Waals surface area contributed by atoms with E-state index in [1.54, 1.807) is 0 Å². The third-order valence-electron chi connectivity index (χ3n) is 2.82. The highest BCUT2D eigenvalue weighted by molar-refractivity contribution is 5.80. The van der Waals surface area contributed by atoms with Crippen LogP contribution in [-0.2, 0) is 4.79 Å². The molecule has 0 saturated heterocycles. The van der Waals surface area contributed by atoms with Crippen LogP contribution in [0.4, 0.5) is 0 Å². The van der Waals surface area contributed by atoms with E-state index in [1.807, 2.05) is 13.8 Å². The average Bonchev–Trinajstić information content (AvgIpc) is 1.83. The summed E-state index contributed by atoms with van der Waals surface area (Å²) in [6.45, 7) is 8.55. The molecular weight excluding hydrogens is 148 g/mol. The first-order valence-corrected chi connectivity index (χ1v) is 4.93. The van der Waals surface area contributed by atoms with Gasteiger partial charge in [0.15, 0.2) is 0 Å². The normalized spacial score (nSPS) is 22.4. The molecular formula is C11H20O. The van der Waals surface area contributed by atoms with Crippen LogP contribution < -0.4 is 0 Å². The number of rotatable bonds is 3. The van der Waals surface area contributed by atoms with Crippen molar-refractivity contribution in [3.63, 3.8) is 0 Å². The Morgan fingerprint density at radius 3 is 2.25 bits per heavy atom. The van der Waals surface area contributed by atoms with Crippen molar-refractivity contribution in [2.75, 3.05) is 0 Å². The van der Waals surface area contributed by atoms with Gasteiger partial charge in [0, 0.05) is 12.3 Å². The fourth-order valence-corrected chi connectivity index (χ4v) is 2.17. The summed E-state index contributed by atoms with van der Waals surface area (Å²) in [4.78, 5) is 11.4. The Labute approximate surface area is 75.5 Å². The number of hydrogen-bond donors (Lipinski definition) is 0. The van der Waals surface area contributed by atoms with E-state index in [0.717, 1.165) is 6.42 Å². The Morgan fingerprint density at radius 1 is 1.42 bits per heavy atom. The standard InChI is InChI=1S/C11H20O/c1-8(2)10(12)5-9-6-11(3,4)7-9/h8-9H,5-7H2,1-4H3. The summed E-state index contributed by atoms with van der Waals surface area (Å²) in [6, 6.07) is 0. The third-order valence-corrected chi connectivity index (χ3v) is 2.82. The maximum Gasteiger partial charge on any atom is 0.135 e. The van der Waals surface area contributed by atoms with Crippen LogP contribution in [0.2, 0.25) is 0 Å². The van der Waals surface area contributed by atoms with Crippen LogP contribution in [0.3, 0.4) is 0 Å². The minimum atomic E-state index is 0.230. The molecule has 0 aromatic carbocycles. The van der Waals surface area contributed by atoms with Crippen molar-refractivity contribution in [1.82, 2.24) is 0 Å². The fourth-order valence-electron chi connectivity index (χ4n) is 2.17. The second kappa shape index (κ2) is 3.20. The third kappa shape index (κ3) is 2.33. The average molecular weight is 168 g/mol. The first kappa shape index (κ1) is 9.76. The van der Waals surface area contributed by atoms with Crippen molar-refractivity contribution in [3.8, 4) is 0 Å². The number of carbonyl (C=O) groups excluding carboxylic acids is 1. The largest absolute Gasteiger partial charge is 0.299 e. The Morgan fingerprint density at radius 2 is 1.92 bits per heavy atom. The van der Waals surface area contributed by atoms with Crippen molar-refractivity contribution < 1.29 is 4.79 Å². The van der Waals surface area contributed by atoms with Gasteiger partial charge in [0.05, 0.1) is 0 Å². The Balaban J connectivity index is 2.23. The molecule has 0 unspecified atom stereocenters. The van der Waals surface area contributed by atoms with Gasteiger partial charge in [0.2, 0.25) is 0 Å². The van der Waals surface area contributed by atoms with Crippen molar-refractivity contribution in [1.29, 1.82) is 0 Å². The van der Waals surface area contributed by atoms with Crippen molar-refractivity contribution in [3.05, 3.63) is 0 Å². The summed E-state index contributed by atoms with van der Waals surface area (Å²) in [6.07, 6.45) is 3.30. The summed E-state index contributed by atoms with van der Waals surface area (Å²) in [5.41, 5.74) is 0.516. The van der Waals surface area contributed by atoms with Gasteiger partial charge in [-0.2, -0.15) is 0 Å². The molecule has 70 valence electrons. The molecule has 0 spiro atoms. The number of carbonyl (C=O) groups is 1. The molecule has 0 radical (unpaired) electrons. The predicted molar refractivity (Wildman–Crippen MR) is 51.0 cm³/mol. The molecule has 0 aliphatic heterocycles. The highest BCUT2D eigenvalue weighted by Crippen LogP contribution is 2.46. The van der Waals surface area contributed by atoms with Crippen molar-refractivity contribution in [2.45, 2.75) is 47.0 Å². The highest BCUT2D eigenvalue weighted by atomic mass is 16.1. The molecule has 0 bridgehead atoms. The molecule has 0 aromatic heterocycles. The Hall–Kier alpha value is -0.330. The molecule has 1 fully saturated rings. The monoisotopic (exact) mass is 168 g/mol. The number of Topliss-reactive ketones (excluding diaryl/α,β-unsaturated/α-hetero) is 1. The first-order chi connectivity index (χ1) is 5.41. The number of hydrogen-bond acceptors (Lipinski definition) is 1. The van der Waals surface area contributed by atoms with E-state index >= 15 is 0 Å². The van der Waals surface area contributed by atoms with Gasteiger partial charge in [-0.1, -0.05) is 27.7 Å². The van der Waals surface area contributed by atoms with Crippen molar-refractivity contribution >= 4 is 5.78 Å². The summed E-state index contributed by atoms with van der Waals surface area (Å²) in [7, 11) is 0. The van der Waals surface area contributed by atoms with Crippen LogP contribution >= 0.6 is 0 Å². The van der Waals surface area contributed by atoms with Crippen LogP contribution in [0, 0.1) is 17.3 Å². The smallest absolute Gasteiger partial charge is 0.135 e. The Kier molecular flexibility index (Phi) is 2.60. The van der Waals surface area contributed by atoms with E-state index < -0.39 is 0 Å². The van der Waals surface area contributed by atoms with Gasteiger partial charge < -0.3 is 0 Å². The maximum absolute atomic E-state index is 11.4. The zero-order valence-corrected chi connectivity index (χ0v) is 8.68. The summed E-state index contributed by atoms with van der Waals surface area (Å²) >= 11 is 0. The lowest BCUT2D eigenvalue weighted by Crippen LogP contribution is -2.33. The quantitative estimate of drug-likeness (QED) is 0.633. The van der Waals surface area contributed by atoms with E-state index in [4.69, 9.17) is 0 Å². The lowest BCUT2D eigenvalue weighted by atomic mass is 9.63. The van der Waals surface area contributed by atoms with Gasteiger partial charge >= 0.3 is 0 Å². The molecule has 0 heterocycles. The zero-order chi connectivity index (χ0) is 9.35. The van der Waals surface area contributed by atoms with Crippen LogP contribution in [0.1, 0.15) is 47.0 Å². The second-order valence-electron chi connectivity index (χ2n) is 5.26. The molecule has 0 amide bonds. The minimum Gasteiger partial charge on any atom is -0.299 e. The maximum atomic E-state index is 11.4.